The second kappa shape index (κ2) is 4.11. The van der Waals surface area contributed by atoms with Crippen molar-refractivity contribution < 1.29 is 4.79 Å². The fraction of sp³-hybridized carbons (Fsp3) is 0.562. The zero-order valence-corrected chi connectivity index (χ0v) is 11.3. The number of ketones is 1. The summed E-state index contributed by atoms with van der Waals surface area (Å²) in [6, 6.07) is 8.46. The predicted molar refractivity (Wildman–Crippen MR) is 74.0 cm³/mol. The van der Waals surface area contributed by atoms with Crippen molar-refractivity contribution in [3.05, 3.63) is 29.8 Å². The minimum Gasteiger partial charge on any atom is -0.374 e. The molecular weight excluding hydrogens is 222 g/mol. The zero-order valence-electron chi connectivity index (χ0n) is 11.3. The minimum atomic E-state index is -0.113. The topological polar surface area (TPSA) is 20.3 Å². The first-order valence-corrected chi connectivity index (χ1v) is 7.04. The number of unbranched alkanes of at least 4 members (excludes halogenated alkanes) is 1. The van der Waals surface area contributed by atoms with Crippen LogP contribution in [-0.2, 0) is 10.2 Å². The first-order chi connectivity index (χ1) is 8.70. The summed E-state index contributed by atoms with van der Waals surface area (Å²) in [6.07, 6.45) is 3.96. The number of rotatable bonds is 4. The second-order valence-corrected chi connectivity index (χ2v) is 5.80. The van der Waals surface area contributed by atoms with Gasteiger partial charge in [0.05, 0.1) is 5.41 Å². The Kier molecular flexibility index (Phi) is 2.69. The van der Waals surface area contributed by atoms with Crippen LogP contribution in [0.1, 0.15) is 38.2 Å². The van der Waals surface area contributed by atoms with E-state index in [9.17, 15) is 4.79 Å². The van der Waals surface area contributed by atoms with Gasteiger partial charge in [0.15, 0.2) is 0 Å². The van der Waals surface area contributed by atoms with E-state index in [-0.39, 0.29) is 5.41 Å². The highest BCUT2D eigenvalue weighted by Crippen LogP contribution is 2.60. The molecule has 3 rings (SSSR count). The summed E-state index contributed by atoms with van der Waals surface area (Å²) in [7, 11) is 2.14. The van der Waals surface area contributed by atoms with Crippen LogP contribution in [0.2, 0.25) is 0 Å². The van der Waals surface area contributed by atoms with Crippen LogP contribution in [0.4, 0.5) is 5.69 Å². The Balaban J connectivity index is 1.96. The third-order valence-corrected chi connectivity index (χ3v) is 4.65. The molecule has 2 heteroatoms. The second-order valence-electron chi connectivity index (χ2n) is 5.80. The van der Waals surface area contributed by atoms with E-state index >= 15 is 0 Å². The summed E-state index contributed by atoms with van der Waals surface area (Å²) in [6.45, 7) is 3.19. The molecule has 0 aromatic heterocycles. The zero-order chi connectivity index (χ0) is 12.8. The molecule has 1 aromatic carbocycles. The summed E-state index contributed by atoms with van der Waals surface area (Å²) in [5, 5.41) is 0. The molecule has 0 bridgehead atoms. The smallest absolute Gasteiger partial charge is 0.143 e. The van der Waals surface area contributed by atoms with Gasteiger partial charge in [0.2, 0.25) is 0 Å². The molecule has 2 nitrogen and oxygen atoms in total. The van der Waals surface area contributed by atoms with Crippen molar-refractivity contribution in [2.45, 2.75) is 38.0 Å². The molecule has 1 aliphatic heterocycles. The molecule has 1 aliphatic carbocycles. The van der Waals surface area contributed by atoms with Gasteiger partial charge >= 0.3 is 0 Å². The van der Waals surface area contributed by atoms with E-state index in [2.05, 4.69) is 43.1 Å². The van der Waals surface area contributed by atoms with Crippen LogP contribution >= 0.6 is 0 Å². The lowest BCUT2D eigenvalue weighted by molar-refractivity contribution is -0.122. The van der Waals surface area contributed by atoms with Crippen LogP contribution in [0.25, 0.3) is 0 Å². The van der Waals surface area contributed by atoms with Crippen molar-refractivity contribution in [3.63, 3.8) is 0 Å². The number of fused-ring (bicyclic) bond motifs is 3. The van der Waals surface area contributed by atoms with Crippen LogP contribution in [0.3, 0.4) is 0 Å². The number of carbonyl (C=O) groups excluding carboxylic acids is 1. The lowest BCUT2D eigenvalue weighted by Crippen LogP contribution is -2.35. The van der Waals surface area contributed by atoms with E-state index in [0.717, 1.165) is 32.2 Å². The highest BCUT2D eigenvalue weighted by Gasteiger charge is 2.62. The third-order valence-electron chi connectivity index (χ3n) is 4.65. The number of nitrogens with zero attached hydrogens (tertiary/aromatic N) is 1. The molecule has 0 saturated heterocycles. The Morgan fingerprint density at radius 1 is 1.44 bits per heavy atom. The SMILES string of the molecule is CCCCC(=O)[C@]12C[C@H]1CN(C)c1ccccc12. The van der Waals surface area contributed by atoms with Crippen molar-refractivity contribution in [3.8, 4) is 0 Å². The van der Waals surface area contributed by atoms with Crippen molar-refractivity contribution >= 4 is 11.5 Å². The normalized spacial score (nSPS) is 28.6. The molecule has 0 amide bonds. The molecule has 1 aromatic rings. The van der Waals surface area contributed by atoms with Gasteiger partial charge in [-0.05, 0) is 30.4 Å². The maximum absolute atomic E-state index is 12.6. The summed E-state index contributed by atoms with van der Waals surface area (Å²) in [4.78, 5) is 14.9. The standard InChI is InChI=1S/C16H21NO/c1-3-4-9-15(18)16-10-12(16)11-17(2)14-8-6-5-7-13(14)16/h5-8,12H,3-4,9-11H2,1-2H3/t12-,16+/m0/s1. The fourth-order valence-electron chi connectivity index (χ4n) is 3.54. The molecule has 1 saturated carbocycles. The van der Waals surface area contributed by atoms with Gasteiger partial charge in [0.25, 0.3) is 0 Å². The monoisotopic (exact) mass is 243 g/mol. The van der Waals surface area contributed by atoms with E-state index in [4.69, 9.17) is 0 Å². The molecule has 0 unspecified atom stereocenters. The molecule has 0 spiro atoms. The lowest BCUT2D eigenvalue weighted by atomic mass is 9.83. The molecule has 0 N–H and O–H groups in total. The van der Waals surface area contributed by atoms with Crippen molar-refractivity contribution in [1.82, 2.24) is 0 Å². The summed E-state index contributed by atoms with van der Waals surface area (Å²) in [5.74, 6) is 1.04. The van der Waals surface area contributed by atoms with Gasteiger partial charge in [0, 0.05) is 25.7 Å². The van der Waals surface area contributed by atoms with Gasteiger partial charge < -0.3 is 4.90 Å². The highest BCUT2D eigenvalue weighted by molar-refractivity contribution is 5.96. The summed E-state index contributed by atoms with van der Waals surface area (Å²) in [5.41, 5.74) is 2.43. The Hall–Kier alpha value is -1.31. The maximum atomic E-state index is 12.6. The Labute approximate surface area is 109 Å². The maximum Gasteiger partial charge on any atom is 0.143 e. The average molecular weight is 243 g/mol. The predicted octanol–water partition coefficient (Wildman–Crippen LogP) is 3.15. The molecule has 2 aliphatic rings. The first kappa shape index (κ1) is 11.8. The van der Waals surface area contributed by atoms with E-state index in [1.165, 1.54) is 11.3 Å². The molecule has 18 heavy (non-hydrogen) atoms. The van der Waals surface area contributed by atoms with E-state index in [1.54, 1.807) is 0 Å². The van der Waals surface area contributed by atoms with Crippen LogP contribution < -0.4 is 4.90 Å². The molecule has 2 atom stereocenters. The minimum absolute atomic E-state index is 0.113. The molecule has 1 heterocycles. The van der Waals surface area contributed by atoms with Crippen molar-refractivity contribution in [2.24, 2.45) is 5.92 Å². The number of hydrogen-bond donors (Lipinski definition) is 0. The van der Waals surface area contributed by atoms with Gasteiger partial charge in [0.1, 0.15) is 5.78 Å². The Morgan fingerprint density at radius 3 is 3.00 bits per heavy atom. The summed E-state index contributed by atoms with van der Waals surface area (Å²) >= 11 is 0. The van der Waals surface area contributed by atoms with Crippen LogP contribution in [0, 0.1) is 5.92 Å². The van der Waals surface area contributed by atoms with Gasteiger partial charge in [-0.15, -0.1) is 0 Å². The van der Waals surface area contributed by atoms with Crippen LogP contribution in [-0.4, -0.2) is 19.4 Å². The van der Waals surface area contributed by atoms with Crippen LogP contribution in [0.5, 0.6) is 0 Å². The number of carbonyl (C=O) groups is 1. The lowest BCUT2D eigenvalue weighted by Gasteiger charge is -2.32. The van der Waals surface area contributed by atoms with E-state index < -0.39 is 0 Å². The first-order valence-electron chi connectivity index (χ1n) is 7.04. The molecule has 0 radical (unpaired) electrons. The number of para-hydroxylation sites is 1. The van der Waals surface area contributed by atoms with Gasteiger partial charge in [-0.1, -0.05) is 31.5 Å². The Morgan fingerprint density at radius 2 is 2.22 bits per heavy atom. The van der Waals surface area contributed by atoms with Gasteiger partial charge in [-0.2, -0.15) is 0 Å². The van der Waals surface area contributed by atoms with E-state index in [0.29, 0.717) is 11.7 Å². The Bertz CT molecular complexity index is 482. The van der Waals surface area contributed by atoms with Gasteiger partial charge in [-0.25, -0.2) is 0 Å². The fourth-order valence-corrected chi connectivity index (χ4v) is 3.54. The van der Waals surface area contributed by atoms with Gasteiger partial charge in [-0.3, -0.25) is 4.79 Å². The van der Waals surface area contributed by atoms with Crippen molar-refractivity contribution in [1.29, 1.82) is 0 Å². The molecule has 1 fully saturated rings. The largest absolute Gasteiger partial charge is 0.374 e. The number of Topliss-reactive ketones (excluding diaryl/α,β-unsaturated/α-hetero) is 1. The van der Waals surface area contributed by atoms with Crippen molar-refractivity contribution in [2.75, 3.05) is 18.5 Å². The summed E-state index contributed by atoms with van der Waals surface area (Å²) < 4.78 is 0. The third kappa shape index (κ3) is 1.51. The highest BCUT2D eigenvalue weighted by atomic mass is 16.1. The average Bonchev–Trinajstić information content (AvgIpc) is 3.12. The molecular formula is C16H21NO. The number of anilines is 1. The number of benzene rings is 1. The molecule has 96 valence electrons. The van der Waals surface area contributed by atoms with E-state index in [1.807, 2.05) is 0 Å². The quantitative estimate of drug-likeness (QED) is 0.809. The number of hydrogen-bond acceptors (Lipinski definition) is 2. The van der Waals surface area contributed by atoms with Crippen LogP contribution in [0.15, 0.2) is 24.3 Å².